The molecule has 2 aromatic rings. The van der Waals surface area contributed by atoms with Crippen molar-refractivity contribution in [3.05, 3.63) is 57.6 Å². The fourth-order valence-electron chi connectivity index (χ4n) is 2.16. The highest BCUT2D eigenvalue weighted by Gasteiger charge is 2.15. The third-order valence-corrected chi connectivity index (χ3v) is 3.84. The Hall–Kier alpha value is -2.24. The summed E-state index contributed by atoms with van der Waals surface area (Å²) in [4.78, 5) is 12.0. The highest BCUT2D eigenvalue weighted by molar-refractivity contribution is 6.32. The summed E-state index contributed by atoms with van der Waals surface area (Å²) in [5.41, 5.74) is 3.61. The lowest BCUT2D eigenvalue weighted by molar-refractivity contribution is 0.0955. The zero-order chi connectivity index (χ0) is 16.9. The van der Waals surface area contributed by atoms with Crippen molar-refractivity contribution in [3.63, 3.8) is 0 Å². The molecule has 2 aromatic carbocycles. The second kappa shape index (κ2) is 7.55. The number of benzene rings is 2. The minimum absolute atomic E-state index is 0.330. The molecule has 124 valence electrons. The molecule has 1 heterocycles. The smallest absolute Gasteiger partial charge is 0.271 e. The predicted molar refractivity (Wildman–Crippen MR) is 93.6 cm³/mol. The largest absolute Gasteiger partial charge is 0.489 e. The third-order valence-electron chi connectivity index (χ3n) is 3.31. The van der Waals surface area contributed by atoms with Gasteiger partial charge in [0, 0.05) is 17.0 Å². The molecule has 0 saturated heterocycles. The van der Waals surface area contributed by atoms with Crippen molar-refractivity contribution >= 4 is 35.3 Å². The lowest BCUT2D eigenvalue weighted by atomic mass is 10.2. The van der Waals surface area contributed by atoms with E-state index in [1.54, 1.807) is 36.4 Å². The number of ether oxygens (including phenoxy) is 2. The lowest BCUT2D eigenvalue weighted by Gasteiger charge is -2.09. The van der Waals surface area contributed by atoms with Crippen LogP contribution in [0.4, 0.5) is 0 Å². The summed E-state index contributed by atoms with van der Waals surface area (Å²) in [6, 6.07) is 10.0. The second-order valence-corrected chi connectivity index (χ2v) is 5.93. The molecule has 1 aliphatic heterocycles. The van der Waals surface area contributed by atoms with Gasteiger partial charge in [0.05, 0.1) is 24.5 Å². The molecule has 0 unspecified atom stereocenters. The van der Waals surface area contributed by atoms with Crippen LogP contribution < -0.4 is 14.9 Å². The molecule has 24 heavy (non-hydrogen) atoms. The Balaban J connectivity index is 1.70. The molecule has 1 N–H and O–H groups in total. The first-order valence-electron chi connectivity index (χ1n) is 7.31. The van der Waals surface area contributed by atoms with Crippen molar-refractivity contribution in [1.82, 2.24) is 5.43 Å². The van der Waals surface area contributed by atoms with Gasteiger partial charge in [-0.1, -0.05) is 23.2 Å². The number of fused-ring (bicyclic) bond motifs is 1. The first-order chi connectivity index (χ1) is 11.6. The molecule has 1 amide bonds. The number of hydrogen-bond acceptors (Lipinski definition) is 4. The first-order valence-corrected chi connectivity index (χ1v) is 8.07. The van der Waals surface area contributed by atoms with E-state index in [2.05, 4.69) is 10.5 Å². The third kappa shape index (κ3) is 3.99. The molecule has 0 bridgehead atoms. The zero-order valence-electron chi connectivity index (χ0n) is 12.6. The van der Waals surface area contributed by atoms with Gasteiger partial charge in [0.2, 0.25) is 0 Å². The molecule has 5 nitrogen and oxygen atoms in total. The van der Waals surface area contributed by atoms with Crippen LogP contribution in [0.25, 0.3) is 0 Å². The first kappa shape index (κ1) is 16.6. The van der Waals surface area contributed by atoms with Gasteiger partial charge in [-0.2, -0.15) is 5.10 Å². The quantitative estimate of drug-likeness (QED) is 0.663. The Morgan fingerprint density at radius 2 is 1.88 bits per heavy atom. The van der Waals surface area contributed by atoms with Crippen molar-refractivity contribution in [2.45, 2.75) is 6.42 Å². The average molecular weight is 365 g/mol. The number of amides is 1. The number of carbonyl (C=O) groups is 1. The normalized spacial score (nSPS) is 13.6. The van der Waals surface area contributed by atoms with Gasteiger partial charge in [-0.3, -0.25) is 4.79 Å². The van der Waals surface area contributed by atoms with Crippen LogP contribution in [-0.2, 0) is 0 Å². The summed E-state index contributed by atoms with van der Waals surface area (Å²) < 4.78 is 11.2. The number of nitrogens with one attached hydrogen (secondary N) is 1. The summed E-state index contributed by atoms with van der Waals surface area (Å²) in [6.07, 6.45) is 2.29. The van der Waals surface area contributed by atoms with Gasteiger partial charge in [-0.05, 0) is 42.0 Å². The van der Waals surface area contributed by atoms with Crippen LogP contribution in [0.15, 0.2) is 41.5 Å². The molecule has 0 radical (unpaired) electrons. The van der Waals surface area contributed by atoms with E-state index in [1.165, 1.54) is 6.21 Å². The van der Waals surface area contributed by atoms with Gasteiger partial charge in [0.1, 0.15) is 0 Å². The maximum absolute atomic E-state index is 12.0. The van der Waals surface area contributed by atoms with Gasteiger partial charge in [0.15, 0.2) is 11.5 Å². The minimum atomic E-state index is -0.330. The van der Waals surface area contributed by atoms with Crippen molar-refractivity contribution in [3.8, 4) is 11.5 Å². The van der Waals surface area contributed by atoms with Gasteiger partial charge in [-0.25, -0.2) is 5.43 Å². The topological polar surface area (TPSA) is 59.9 Å². The molecular weight excluding hydrogens is 351 g/mol. The van der Waals surface area contributed by atoms with E-state index in [0.29, 0.717) is 45.9 Å². The van der Waals surface area contributed by atoms with Crippen molar-refractivity contribution < 1.29 is 14.3 Å². The molecule has 1 aliphatic rings. The van der Waals surface area contributed by atoms with Gasteiger partial charge in [-0.15, -0.1) is 0 Å². The summed E-state index contributed by atoms with van der Waals surface area (Å²) >= 11 is 12.0. The maximum Gasteiger partial charge on any atom is 0.271 e. The summed E-state index contributed by atoms with van der Waals surface area (Å²) in [6.45, 7) is 1.13. The molecule has 3 rings (SSSR count). The average Bonchev–Trinajstić information content (AvgIpc) is 2.81. The number of nitrogens with zero attached hydrogens (tertiary/aromatic N) is 1. The maximum atomic E-state index is 12.0. The molecular formula is C17H14Cl2N2O3. The van der Waals surface area contributed by atoms with Crippen LogP contribution in [0.2, 0.25) is 10.0 Å². The summed E-state index contributed by atoms with van der Waals surface area (Å²) in [5.74, 6) is 0.783. The van der Waals surface area contributed by atoms with Gasteiger partial charge in [0.25, 0.3) is 5.91 Å². The highest BCUT2D eigenvalue weighted by atomic mass is 35.5. The van der Waals surface area contributed by atoms with E-state index >= 15 is 0 Å². The Kier molecular flexibility index (Phi) is 5.23. The van der Waals surface area contributed by atoms with E-state index < -0.39 is 0 Å². The van der Waals surface area contributed by atoms with Crippen molar-refractivity contribution in [1.29, 1.82) is 0 Å². The molecule has 0 fully saturated rings. The van der Waals surface area contributed by atoms with Crippen LogP contribution in [-0.4, -0.2) is 25.3 Å². The molecule has 7 heteroatoms. The van der Waals surface area contributed by atoms with Crippen molar-refractivity contribution in [2.24, 2.45) is 5.10 Å². The molecule has 0 atom stereocenters. The predicted octanol–water partition coefficient (Wildman–Crippen LogP) is 3.92. The fraction of sp³-hybridized carbons (Fsp3) is 0.176. The van der Waals surface area contributed by atoms with E-state index in [-0.39, 0.29) is 5.91 Å². The van der Waals surface area contributed by atoms with Gasteiger partial charge < -0.3 is 9.47 Å². The van der Waals surface area contributed by atoms with E-state index in [1.807, 2.05) is 0 Å². The van der Waals surface area contributed by atoms with E-state index in [0.717, 1.165) is 6.42 Å². The Labute approximate surface area is 149 Å². The number of rotatable bonds is 3. The van der Waals surface area contributed by atoms with Crippen LogP contribution in [0.3, 0.4) is 0 Å². The van der Waals surface area contributed by atoms with Crippen LogP contribution in [0, 0.1) is 0 Å². The fourth-order valence-corrected chi connectivity index (χ4v) is 2.56. The molecule has 0 aliphatic carbocycles. The van der Waals surface area contributed by atoms with Gasteiger partial charge >= 0.3 is 0 Å². The number of carbonyl (C=O) groups excluding carboxylic acids is 1. The van der Waals surface area contributed by atoms with Crippen LogP contribution >= 0.6 is 23.2 Å². The number of halogens is 2. The van der Waals surface area contributed by atoms with Crippen LogP contribution in [0.5, 0.6) is 11.5 Å². The Morgan fingerprint density at radius 3 is 2.67 bits per heavy atom. The van der Waals surface area contributed by atoms with Crippen LogP contribution in [0.1, 0.15) is 22.3 Å². The van der Waals surface area contributed by atoms with Crippen molar-refractivity contribution in [2.75, 3.05) is 13.2 Å². The SMILES string of the molecule is O=C(N/N=C\c1cc(Cl)c2c(c1)OCCCO2)c1ccc(Cl)cc1. The highest BCUT2D eigenvalue weighted by Crippen LogP contribution is 2.37. The summed E-state index contributed by atoms with van der Waals surface area (Å²) in [7, 11) is 0. The number of hydrazone groups is 1. The number of hydrogen-bond donors (Lipinski definition) is 1. The minimum Gasteiger partial charge on any atom is -0.489 e. The summed E-state index contributed by atoms with van der Waals surface area (Å²) in [5, 5.41) is 4.95. The van der Waals surface area contributed by atoms with E-state index in [9.17, 15) is 4.79 Å². The lowest BCUT2D eigenvalue weighted by Crippen LogP contribution is -2.17. The standard InChI is InChI=1S/C17H14Cl2N2O3/c18-13-4-2-12(3-5-13)17(22)21-20-10-11-8-14(19)16-15(9-11)23-6-1-7-24-16/h2-5,8-10H,1,6-7H2,(H,21,22)/b20-10-. The molecule has 0 saturated carbocycles. The zero-order valence-corrected chi connectivity index (χ0v) is 14.1. The Bertz CT molecular complexity index is 776. The Morgan fingerprint density at radius 1 is 1.12 bits per heavy atom. The second-order valence-electron chi connectivity index (χ2n) is 5.09. The molecule has 0 aromatic heterocycles. The van der Waals surface area contributed by atoms with E-state index in [4.69, 9.17) is 32.7 Å². The monoisotopic (exact) mass is 364 g/mol. The molecule has 0 spiro atoms.